The van der Waals surface area contributed by atoms with Crippen LogP contribution in [0.15, 0.2) is 60.2 Å². The number of thiazole rings is 1. The van der Waals surface area contributed by atoms with E-state index < -0.39 is 23.5 Å². The summed E-state index contributed by atoms with van der Waals surface area (Å²) in [6, 6.07) is 13.4. The summed E-state index contributed by atoms with van der Waals surface area (Å²) in [4.78, 5) is 33.0. The maximum absolute atomic E-state index is 13.9. The number of fused-ring (bicyclic) bond motifs is 2. The molecule has 1 amide bonds. The summed E-state index contributed by atoms with van der Waals surface area (Å²) in [5, 5.41) is 11.8. The molecule has 0 saturated carbocycles. The van der Waals surface area contributed by atoms with Crippen LogP contribution < -0.4 is 19.1 Å². The molecule has 2 unspecified atom stereocenters. The molecule has 3 heterocycles. The molecule has 8 nitrogen and oxygen atoms in total. The zero-order valence-electron chi connectivity index (χ0n) is 21.9. The molecule has 6 rings (SSSR count). The molecule has 2 aliphatic rings. The molecule has 4 aromatic rings. The molecule has 0 aliphatic carbocycles. The first kappa shape index (κ1) is 25.8. The lowest BCUT2D eigenvalue weighted by Crippen LogP contribution is -2.29. The number of nitrogens with zero attached hydrogens (tertiary/aromatic N) is 2. The fourth-order valence-corrected chi connectivity index (χ4v) is 6.21. The number of hydrogen-bond donors (Lipinski definition) is 1. The third-order valence-corrected chi connectivity index (χ3v) is 7.98. The van der Waals surface area contributed by atoms with Gasteiger partial charge in [-0.1, -0.05) is 17.4 Å². The lowest BCUT2D eigenvalue weighted by atomic mass is 9.94. The van der Waals surface area contributed by atoms with Crippen LogP contribution in [0.4, 0.5) is 9.52 Å². The smallest absolute Gasteiger partial charge is 0.301 e. The SMILES string of the molecule is CCOc1ccc(C2C(=C(O)c3ccc4c(c3)CC(C)O4)C(=O)C(=O)N2c2nc3ccc(F)cc3s2)cc1OC. The van der Waals surface area contributed by atoms with Crippen molar-refractivity contribution in [1.29, 1.82) is 0 Å². The largest absolute Gasteiger partial charge is 0.507 e. The number of rotatable bonds is 6. The van der Waals surface area contributed by atoms with Crippen molar-refractivity contribution < 1.29 is 33.3 Å². The van der Waals surface area contributed by atoms with Crippen molar-refractivity contribution in [1.82, 2.24) is 4.98 Å². The van der Waals surface area contributed by atoms with E-state index in [4.69, 9.17) is 14.2 Å². The van der Waals surface area contributed by atoms with E-state index in [1.165, 1.54) is 30.2 Å². The molecular formula is C30H25FN2O6S. The molecule has 2 aliphatic heterocycles. The first-order chi connectivity index (χ1) is 19.3. The summed E-state index contributed by atoms with van der Waals surface area (Å²) in [6.45, 7) is 4.21. The number of carbonyl (C=O) groups excluding carboxylic acids is 2. The Kier molecular flexibility index (Phi) is 6.42. The number of hydrogen-bond acceptors (Lipinski definition) is 8. The average Bonchev–Trinajstić information content (AvgIpc) is 3.60. The van der Waals surface area contributed by atoms with Crippen molar-refractivity contribution in [2.24, 2.45) is 0 Å². The fraction of sp³-hybridized carbons (Fsp3) is 0.233. The summed E-state index contributed by atoms with van der Waals surface area (Å²) >= 11 is 1.09. The van der Waals surface area contributed by atoms with Gasteiger partial charge in [0, 0.05) is 12.0 Å². The maximum atomic E-state index is 13.9. The number of amides is 1. The number of aliphatic hydroxyl groups is 1. The molecule has 0 radical (unpaired) electrons. The average molecular weight is 561 g/mol. The number of aliphatic hydroxyl groups excluding tert-OH is 1. The normalized spacial score (nSPS) is 19.6. The molecule has 1 aromatic heterocycles. The van der Waals surface area contributed by atoms with Gasteiger partial charge in [0.1, 0.15) is 23.4 Å². The predicted molar refractivity (Wildman–Crippen MR) is 149 cm³/mol. The van der Waals surface area contributed by atoms with E-state index >= 15 is 0 Å². The molecule has 0 bridgehead atoms. The minimum atomic E-state index is -1.03. The first-order valence-corrected chi connectivity index (χ1v) is 13.6. The summed E-state index contributed by atoms with van der Waals surface area (Å²) in [5.41, 5.74) is 2.19. The van der Waals surface area contributed by atoms with Gasteiger partial charge < -0.3 is 19.3 Å². The van der Waals surface area contributed by atoms with Gasteiger partial charge in [0.15, 0.2) is 16.6 Å². The maximum Gasteiger partial charge on any atom is 0.301 e. The number of anilines is 1. The standard InChI is InChI=1S/C30H25FN2O6S/c1-4-38-22-10-5-16(13-23(22)37-3)26-25(27(34)17-6-9-21-18(12-17)11-15(2)39-21)28(35)29(36)33(26)30-32-20-8-7-19(31)14-24(20)40-30/h5-10,12-15,26,34H,4,11H2,1-3H3. The number of methoxy groups -OCH3 is 1. The Morgan fingerprint density at radius 3 is 2.75 bits per heavy atom. The number of ether oxygens (including phenoxy) is 3. The van der Waals surface area contributed by atoms with Crippen molar-refractivity contribution in [3.05, 3.63) is 82.7 Å². The van der Waals surface area contributed by atoms with E-state index in [1.54, 1.807) is 36.4 Å². The second-order valence-electron chi connectivity index (χ2n) is 9.58. The molecule has 1 saturated heterocycles. The summed E-state index contributed by atoms with van der Waals surface area (Å²) < 4.78 is 31.4. The van der Waals surface area contributed by atoms with Crippen LogP contribution >= 0.6 is 11.3 Å². The molecule has 40 heavy (non-hydrogen) atoms. The highest BCUT2D eigenvalue weighted by Gasteiger charge is 2.48. The predicted octanol–water partition coefficient (Wildman–Crippen LogP) is 5.79. The van der Waals surface area contributed by atoms with Crippen LogP contribution in [0, 0.1) is 5.82 Å². The van der Waals surface area contributed by atoms with Gasteiger partial charge >= 0.3 is 5.91 Å². The molecular weight excluding hydrogens is 535 g/mol. The van der Waals surface area contributed by atoms with E-state index in [0.29, 0.717) is 45.9 Å². The van der Waals surface area contributed by atoms with Gasteiger partial charge in [-0.3, -0.25) is 14.5 Å². The van der Waals surface area contributed by atoms with E-state index in [0.717, 1.165) is 22.6 Å². The number of halogens is 1. The Balaban J connectivity index is 1.55. The van der Waals surface area contributed by atoms with Crippen molar-refractivity contribution in [3.63, 3.8) is 0 Å². The second kappa shape index (κ2) is 9.95. The van der Waals surface area contributed by atoms with Crippen LogP contribution in [0.25, 0.3) is 16.0 Å². The van der Waals surface area contributed by atoms with Crippen molar-refractivity contribution >= 4 is 44.1 Å². The number of aromatic nitrogens is 1. The fourth-order valence-electron chi connectivity index (χ4n) is 5.19. The highest BCUT2D eigenvalue weighted by Crippen LogP contribution is 2.46. The Morgan fingerprint density at radius 2 is 1.98 bits per heavy atom. The third-order valence-electron chi connectivity index (χ3n) is 6.96. The monoisotopic (exact) mass is 560 g/mol. The van der Waals surface area contributed by atoms with Crippen molar-refractivity contribution in [2.75, 3.05) is 18.6 Å². The molecule has 0 spiro atoms. The van der Waals surface area contributed by atoms with Crippen LogP contribution in [0.1, 0.15) is 36.6 Å². The summed E-state index contributed by atoms with van der Waals surface area (Å²) in [7, 11) is 1.49. The highest BCUT2D eigenvalue weighted by atomic mass is 32.1. The van der Waals surface area contributed by atoms with Gasteiger partial charge in [-0.2, -0.15) is 0 Å². The van der Waals surface area contributed by atoms with E-state index in [-0.39, 0.29) is 22.6 Å². The Hall–Kier alpha value is -4.44. The number of benzene rings is 3. The molecule has 1 N–H and O–H groups in total. The van der Waals surface area contributed by atoms with Crippen molar-refractivity contribution in [2.45, 2.75) is 32.4 Å². The number of Topliss-reactive ketones (excluding diaryl/α,β-unsaturated/α-hetero) is 1. The lowest BCUT2D eigenvalue weighted by Gasteiger charge is -2.24. The minimum absolute atomic E-state index is 0.00170. The quantitative estimate of drug-likeness (QED) is 0.181. The molecule has 204 valence electrons. The van der Waals surface area contributed by atoms with Gasteiger partial charge in [-0.15, -0.1) is 0 Å². The first-order valence-electron chi connectivity index (χ1n) is 12.8. The van der Waals surface area contributed by atoms with Crippen LogP contribution in [0.3, 0.4) is 0 Å². The zero-order chi connectivity index (χ0) is 28.1. The van der Waals surface area contributed by atoms with Crippen LogP contribution in [0.5, 0.6) is 17.2 Å². The Bertz CT molecular complexity index is 1710. The number of ketones is 1. The van der Waals surface area contributed by atoms with E-state index in [1.807, 2.05) is 13.8 Å². The van der Waals surface area contributed by atoms with E-state index in [2.05, 4.69) is 4.98 Å². The lowest BCUT2D eigenvalue weighted by molar-refractivity contribution is -0.132. The van der Waals surface area contributed by atoms with Gasteiger partial charge in [0.2, 0.25) is 0 Å². The van der Waals surface area contributed by atoms with E-state index in [9.17, 15) is 19.1 Å². The van der Waals surface area contributed by atoms with Gasteiger partial charge in [0.05, 0.1) is 35.5 Å². The van der Waals surface area contributed by atoms with Gasteiger partial charge in [-0.05, 0) is 73.5 Å². The van der Waals surface area contributed by atoms with Crippen LogP contribution in [-0.2, 0) is 16.0 Å². The Labute approximate surface area is 233 Å². The molecule has 2 atom stereocenters. The second-order valence-corrected chi connectivity index (χ2v) is 10.6. The molecule has 1 fully saturated rings. The topological polar surface area (TPSA) is 98.2 Å². The van der Waals surface area contributed by atoms with Gasteiger partial charge in [0.25, 0.3) is 5.78 Å². The Morgan fingerprint density at radius 1 is 1.15 bits per heavy atom. The molecule has 3 aromatic carbocycles. The third kappa shape index (κ3) is 4.24. The zero-order valence-corrected chi connectivity index (χ0v) is 22.8. The highest BCUT2D eigenvalue weighted by molar-refractivity contribution is 7.22. The van der Waals surface area contributed by atoms with Gasteiger partial charge in [-0.25, -0.2) is 9.37 Å². The number of carbonyl (C=O) groups is 2. The van der Waals surface area contributed by atoms with Crippen LogP contribution in [-0.4, -0.2) is 41.6 Å². The van der Waals surface area contributed by atoms with Crippen LogP contribution in [0.2, 0.25) is 0 Å². The van der Waals surface area contributed by atoms with Crippen molar-refractivity contribution in [3.8, 4) is 17.2 Å². The summed E-state index contributed by atoms with van der Waals surface area (Å²) in [5.74, 6) is -0.837. The summed E-state index contributed by atoms with van der Waals surface area (Å²) in [6.07, 6.45) is 0.658. The minimum Gasteiger partial charge on any atom is -0.507 e. The molecule has 10 heteroatoms.